The zero-order valence-corrected chi connectivity index (χ0v) is 6.56. The first kappa shape index (κ1) is 8.25. The number of hydrogen-bond acceptors (Lipinski definition) is 3. The maximum atomic E-state index is 10.2. The first-order valence-corrected chi connectivity index (χ1v) is 3.26. The molecule has 2 amide bonds. The van der Waals surface area contributed by atoms with Crippen molar-refractivity contribution in [2.75, 3.05) is 0 Å². The second-order valence-electron chi connectivity index (χ2n) is 2.11. The molecule has 0 spiro atoms. The van der Waals surface area contributed by atoms with Crippen molar-refractivity contribution < 1.29 is 4.79 Å². The lowest BCUT2D eigenvalue weighted by molar-refractivity contribution is 0.249. The predicted molar refractivity (Wildman–Crippen MR) is 43.5 cm³/mol. The monoisotopic (exact) mass is 167 g/mol. The van der Waals surface area contributed by atoms with E-state index in [1.54, 1.807) is 24.0 Å². The van der Waals surface area contributed by atoms with E-state index in [2.05, 4.69) is 15.6 Å². The Morgan fingerprint density at radius 1 is 1.92 bits per heavy atom. The number of aromatic nitrogens is 2. The van der Waals surface area contributed by atoms with Crippen molar-refractivity contribution in [1.82, 2.24) is 15.2 Å². The Morgan fingerprint density at radius 2 is 2.67 bits per heavy atom. The minimum atomic E-state index is -0.687. The Bertz CT molecular complexity index is 303. The molecule has 6 heteroatoms. The van der Waals surface area contributed by atoms with E-state index in [9.17, 15) is 4.79 Å². The number of nitrogens with one attached hydrogen (secondary N) is 1. The second-order valence-corrected chi connectivity index (χ2v) is 2.11. The van der Waals surface area contributed by atoms with Crippen LogP contribution in [0, 0.1) is 0 Å². The molecule has 6 nitrogen and oxygen atoms in total. The van der Waals surface area contributed by atoms with Crippen LogP contribution in [0.15, 0.2) is 17.4 Å². The molecule has 1 aromatic rings. The summed E-state index contributed by atoms with van der Waals surface area (Å²) in [4.78, 5) is 10.2. The topological polar surface area (TPSA) is 85.3 Å². The second kappa shape index (κ2) is 3.51. The Labute approximate surface area is 69.1 Å². The molecule has 0 atom stereocenters. The first-order valence-electron chi connectivity index (χ1n) is 3.26. The lowest BCUT2D eigenvalue weighted by atomic mass is 10.5. The normalized spacial score (nSPS) is 10.4. The zero-order chi connectivity index (χ0) is 8.97. The summed E-state index contributed by atoms with van der Waals surface area (Å²) in [6.07, 6.45) is 3.09. The first-order chi connectivity index (χ1) is 5.70. The van der Waals surface area contributed by atoms with Gasteiger partial charge in [-0.3, -0.25) is 4.68 Å². The van der Waals surface area contributed by atoms with Gasteiger partial charge in [0.15, 0.2) is 0 Å². The van der Waals surface area contributed by atoms with Gasteiger partial charge in [-0.15, -0.1) is 0 Å². The van der Waals surface area contributed by atoms with E-state index in [-0.39, 0.29) is 0 Å². The van der Waals surface area contributed by atoms with Crippen LogP contribution < -0.4 is 11.2 Å². The fourth-order valence-electron chi connectivity index (χ4n) is 0.673. The summed E-state index contributed by atoms with van der Waals surface area (Å²) < 4.78 is 1.62. The summed E-state index contributed by atoms with van der Waals surface area (Å²) in [5, 5.41) is 7.46. The highest BCUT2D eigenvalue weighted by atomic mass is 16.2. The van der Waals surface area contributed by atoms with E-state index in [4.69, 9.17) is 5.73 Å². The van der Waals surface area contributed by atoms with Gasteiger partial charge in [0.2, 0.25) is 0 Å². The van der Waals surface area contributed by atoms with Crippen molar-refractivity contribution in [2.24, 2.45) is 17.9 Å². The smallest absolute Gasteiger partial charge is 0.332 e. The molecule has 0 bridgehead atoms. The van der Waals surface area contributed by atoms with Crippen LogP contribution in [-0.2, 0) is 7.05 Å². The fourth-order valence-corrected chi connectivity index (χ4v) is 0.673. The zero-order valence-electron chi connectivity index (χ0n) is 6.56. The number of nitrogens with two attached hydrogens (primary N) is 1. The number of nitrogens with zero attached hydrogens (tertiary/aromatic N) is 3. The van der Waals surface area contributed by atoms with Gasteiger partial charge in [0.05, 0.1) is 11.9 Å². The predicted octanol–water partition coefficient (Wildman–Crippen LogP) is -0.578. The van der Waals surface area contributed by atoms with Crippen LogP contribution in [0.3, 0.4) is 0 Å². The number of hydrazone groups is 1. The summed E-state index contributed by atoms with van der Waals surface area (Å²) >= 11 is 0. The van der Waals surface area contributed by atoms with E-state index in [1.165, 1.54) is 6.21 Å². The number of rotatable bonds is 2. The van der Waals surface area contributed by atoms with Crippen LogP contribution in [0.1, 0.15) is 5.69 Å². The third kappa shape index (κ3) is 2.08. The van der Waals surface area contributed by atoms with Crippen LogP contribution >= 0.6 is 0 Å². The van der Waals surface area contributed by atoms with Gasteiger partial charge in [-0.2, -0.15) is 10.2 Å². The SMILES string of the molecule is Cn1nccc1/C=N/NC(N)=O. The highest BCUT2D eigenvalue weighted by Gasteiger charge is 1.92. The third-order valence-corrected chi connectivity index (χ3v) is 1.23. The number of hydrogen-bond donors (Lipinski definition) is 2. The molecule has 12 heavy (non-hydrogen) atoms. The molecule has 0 aliphatic carbocycles. The largest absolute Gasteiger partial charge is 0.350 e. The molecule has 1 rings (SSSR count). The quantitative estimate of drug-likeness (QED) is 0.456. The average molecular weight is 167 g/mol. The number of carbonyl (C=O) groups excluding carboxylic acids is 1. The van der Waals surface area contributed by atoms with Crippen molar-refractivity contribution in [1.29, 1.82) is 0 Å². The molecule has 0 fully saturated rings. The van der Waals surface area contributed by atoms with Gasteiger partial charge in [0.25, 0.3) is 0 Å². The molecule has 0 saturated carbocycles. The molecular formula is C6H9N5O. The molecule has 0 radical (unpaired) electrons. The minimum absolute atomic E-state index is 0.687. The molecule has 3 N–H and O–H groups in total. The van der Waals surface area contributed by atoms with Gasteiger partial charge in [-0.05, 0) is 6.07 Å². The number of amides is 2. The van der Waals surface area contributed by atoms with E-state index in [1.807, 2.05) is 0 Å². The van der Waals surface area contributed by atoms with E-state index in [0.29, 0.717) is 0 Å². The summed E-state index contributed by atoms with van der Waals surface area (Å²) in [5.74, 6) is 0. The molecule has 1 aromatic heterocycles. The number of primary amides is 1. The average Bonchev–Trinajstić information content (AvgIpc) is 2.36. The fraction of sp³-hybridized carbons (Fsp3) is 0.167. The number of aryl methyl sites for hydroxylation is 1. The standard InChI is InChI=1S/C6H9N5O/c1-11-5(2-3-9-11)4-8-10-6(7)12/h2-4H,1H3,(H3,7,10,12)/b8-4+. The van der Waals surface area contributed by atoms with Gasteiger partial charge in [-0.1, -0.05) is 0 Å². The summed E-state index contributed by atoms with van der Waals surface area (Å²) in [7, 11) is 1.77. The molecule has 0 aliphatic heterocycles. The van der Waals surface area contributed by atoms with Gasteiger partial charge in [0.1, 0.15) is 0 Å². The maximum absolute atomic E-state index is 10.2. The van der Waals surface area contributed by atoms with Crippen LogP contribution in [0.2, 0.25) is 0 Å². The minimum Gasteiger partial charge on any atom is -0.350 e. The molecule has 0 aromatic carbocycles. The lowest BCUT2D eigenvalue weighted by Crippen LogP contribution is -2.24. The Morgan fingerprint density at radius 3 is 3.17 bits per heavy atom. The van der Waals surface area contributed by atoms with Crippen LogP contribution in [0.5, 0.6) is 0 Å². The highest BCUT2D eigenvalue weighted by Crippen LogP contribution is 1.89. The molecule has 0 saturated heterocycles. The van der Waals surface area contributed by atoms with Crippen molar-refractivity contribution in [3.05, 3.63) is 18.0 Å². The van der Waals surface area contributed by atoms with Crippen molar-refractivity contribution in [3.8, 4) is 0 Å². The van der Waals surface area contributed by atoms with Gasteiger partial charge in [0, 0.05) is 13.2 Å². The van der Waals surface area contributed by atoms with E-state index < -0.39 is 6.03 Å². The van der Waals surface area contributed by atoms with Crippen molar-refractivity contribution in [3.63, 3.8) is 0 Å². The van der Waals surface area contributed by atoms with E-state index in [0.717, 1.165) is 5.69 Å². The Balaban J connectivity index is 2.57. The molecule has 0 aliphatic rings. The number of carbonyl (C=O) groups is 1. The lowest BCUT2D eigenvalue weighted by Gasteiger charge is -1.93. The molecule has 0 unspecified atom stereocenters. The third-order valence-electron chi connectivity index (χ3n) is 1.23. The van der Waals surface area contributed by atoms with Gasteiger partial charge in [-0.25, -0.2) is 10.2 Å². The van der Waals surface area contributed by atoms with Crippen LogP contribution in [0.4, 0.5) is 4.79 Å². The van der Waals surface area contributed by atoms with Crippen LogP contribution in [0.25, 0.3) is 0 Å². The Hall–Kier alpha value is -1.85. The maximum Gasteiger partial charge on any atom is 0.332 e. The summed E-state index contributed by atoms with van der Waals surface area (Å²) in [5.41, 5.74) is 7.64. The molecule has 1 heterocycles. The highest BCUT2D eigenvalue weighted by molar-refractivity contribution is 5.79. The molecule has 64 valence electrons. The molecular weight excluding hydrogens is 158 g/mol. The number of urea groups is 1. The Kier molecular flexibility index (Phi) is 2.42. The van der Waals surface area contributed by atoms with Crippen molar-refractivity contribution in [2.45, 2.75) is 0 Å². The summed E-state index contributed by atoms with van der Waals surface area (Å²) in [6, 6.07) is 1.07. The summed E-state index contributed by atoms with van der Waals surface area (Å²) in [6.45, 7) is 0. The van der Waals surface area contributed by atoms with Crippen LogP contribution in [-0.4, -0.2) is 22.0 Å². The van der Waals surface area contributed by atoms with Crippen molar-refractivity contribution >= 4 is 12.2 Å². The van der Waals surface area contributed by atoms with Gasteiger partial charge < -0.3 is 5.73 Å². The van der Waals surface area contributed by atoms with E-state index >= 15 is 0 Å². The van der Waals surface area contributed by atoms with Gasteiger partial charge >= 0.3 is 6.03 Å².